The van der Waals surface area contributed by atoms with Crippen LogP contribution in [-0.4, -0.2) is 0 Å². The summed E-state index contributed by atoms with van der Waals surface area (Å²) in [5.74, 6) is 0. The van der Waals surface area contributed by atoms with Crippen LogP contribution in [0.15, 0.2) is 42.5 Å². The van der Waals surface area contributed by atoms with Crippen LogP contribution in [-0.2, 0) is 0 Å². The van der Waals surface area contributed by atoms with Crippen molar-refractivity contribution in [2.45, 2.75) is 13.8 Å². The van der Waals surface area contributed by atoms with Crippen LogP contribution in [0.25, 0.3) is 11.1 Å². The van der Waals surface area contributed by atoms with Gasteiger partial charge in [-0.2, -0.15) is 0 Å². The molecule has 0 spiro atoms. The van der Waals surface area contributed by atoms with E-state index in [4.69, 9.17) is 5.73 Å². The highest BCUT2D eigenvalue weighted by Gasteiger charge is 2.01. The molecule has 0 aliphatic rings. The Labute approximate surface area is 90.6 Å². The maximum Gasteiger partial charge on any atom is 0.0396 e. The normalized spacial score (nSPS) is 10.3. The first kappa shape index (κ1) is 9.78. The molecule has 2 rings (SSSR count). The van der Waals surface area contributed by atoms with Crippen LogP contribution < -0.4 is 5.73 Å². The van der Waals surface area contributed by atoms with Crippen LogP contribution in [0.3, 0.4) is 0 Å². The molecule has 0 amide bonds. The van der Waals surface area contributed by atoms with Gasteiger partial charge in [0.2, 0.25) is 0 Å². The lowest BCUT2D eigenvalue weighted by atomic mass is 10.0. The second-order valence-corrected chi connectivity index (χ2v) is 3.96. The number of rotatable bonds is 1. The highest BCUT2D eigenvalue weighted by molar-refractivity contribution is 5.76. The van der Waals surface area contributed by atoms with E-state index < -0.39 is 0 Å². The van der Waals surface area contributed by atoms with E-state index in [2.05, 4.69) is 50.2 Å². The molecule has 1 heteroatoms. The molecule has 0 unspecified atom stereocenters. The van der Waals surface area contributed by atoms with Crippen molar-refractivity contribution in [3.05, 3.63) is 53.6 Å². The molecule has 0 saturated carbocycles. The summed E-state index contributed by atoms with van der Waals surface area (Å²) in [5, 5.41) is 0. The summed E-state index contributed by atoms with van der Waals surface area (Å²) in [6, 6.07) is 14.6. The third-order valence-electron chi connectivity index (χ3n) is 2.57. The van der Waals surface area contributed by atoms with Crippen LogP contribution >= 0.6 is 0 Å². The average Bonchev–Trinajstić information content (AvgIpc) is 2.20. The summed E-state index contributed by atoms with van der Waals surface area (Å²) < 4.78 is 0. The number of nitrogens with two attached hydrogens (primary N) is 1. The van der Waals surface area contributed by atoms with Gasteiger partial charge >= 0.3 is 0 Å². The Hall–Kier alpha value is -1.76. The van der Waals surface area contributed by atoms with E-state index in [1.165, 1.54) is 16.7 Å². The third kappa shape index (κ3) is 2.01. The fraction of sp³-hybridized carbons (Fsp3) is 0.143. The van der Waals surface area contributed by atoms with Gasteiger partial charge in [0.15, 0.2) is 0 Å². The van der Waals surface area contributed by atoms with E-state index in [-0.39, 0.29) is 0 Å². The molecule has 0 atom stereocenters. The molecule has 76 valence electrons. The largest absolute Gasteiger partial charge is 0.398 e. The quantitative estimate of drug-likeness (QED) is 0.695. The maximum atomic E-state index is 5.99. The topological polar surface area (TPSA) is 26.0 Å². The molecule has 0 fully saturated rings. The Bertz CT molecular complexity index is 469. The standard InChI is InChI=1S/C14H15N/c1-10-3-6-12(7-4-10)13-8-5-11(2)9-14(13)15/h3-9H,15H2,1-2H3. The molecule has 0 aromatic heterocycles. The molecule has 0 saturated heterocycles. The van der Waals surface area contributed by atoms with Gasteiger partial charge in [-0.1, -0.05) is 42.0 Å². The molecule has 0 aliphatic heterocycles. The van der Waals surface area contributed by atoms with Crippen molar-refractivity contribution in [3.8, 4) is 11.1 Å². The Morgan fingerprint density at radius 2 is 1.40 bits per heavy atom. The van der Waals surface area contributed by atoms with Crippen LogP contribution in [0.2, 0.25) is 0 Å². The zero-order valence-corrected chi connectivity index (χ0v) is 9.12. The molecule has 2 N–H and O–H groups in total. The number of hydrogen-bond donors (Lipinski definition) is 1. The Morgan fingerprint density at radius 3 is 2.00 bits per heavy atom. The van der Waals surface area contributed by atoms with Gasteiger partial charge in [-0.3, -0.25) is 0 Å². The van der Waals surface area contributed by atoms with Crippen molar-refractivity contribution in [1.29, 1.82) is 0 Å². The molecule has 0 heterocycles. The zero-order chi connectivity index (χ0) is 10.8. The lowest BCUT2D eigenvalue weighted by Crippen LogP contribution is -1.90. The van der Waals surface area contributed by atoms with Gasteiger partial charge < -0.3 is 5.73 Å². The molecule has 0 radical (unpaired) electrons. The molecular weight excluding hydrogens is 182 g/mol. The summed E-state index contributed by atoms with van der Waals surface area (Å²) in [6.45, 7) is 4.14. The fourth-order valence-electron chi connectivity index (χ4n) is 1.68. The van der Waals surface area contributed by atoms with Crippen LogP contribution in [0.4, 0.5) is 5.69 Å². The van der Waals surface area contributed by atoms with Gasteiger partial charge in [0.1, 0.15) is 0 Å². The number of hydrogen-bond acceptors (Lipinski definition) is 1. The van der Waals surface area contributed by atoms with Gasteiger partial charge in [0, 0.05) is 11.3 Å². The lowest BCUT2D eigenvalue weighted by Gasteiger charge is -2.07. The van der Waals surface area contributed by atoms with E-state index in [1.807, 2.05) is 6.07 Å². The lowest BCUT2D eigenvalue weighted by molar-refractivity contribution is 1.45. The highest BCUT2D eigenvalue weighted by Crippen LogP contribution is 2.26. The van der Waals surface area contributed by atoms with Crippen molar-refractivity contribution in [3.63, 3.8) is 0 Å². The summed E-state index contributed by atoms with van der Waals surface area (Å²) in [4.78, 5) is 0. The molecule has 1 nitrogen and oxygen atoms in total. The summed E-state index contributed by atoms with van der Waals surface area (Å²) >= 11 is 0. The Kier molecular flexibility index (Phi) is 2.46. The monoisotopic (exact) mass is 197 g/mol. The van der Waals surface area contributed by atoms with Gasteiger partial charge in [-0.15, -0.1) is 0 Å². The third-order valence-corrected chi connectivity index (χ3v) is 2.57. The number of benzene rings is 2. The van der Waals surface area contributed by atoms with E-state index in [1.54, 1.807) is 0 Å². The fourth-order valence-corrected chi connectivity index (χ4v) is 1.68. The summed E-state index contributed by atoms with van der Waals surface area (Å²) in [6.07, 6.45) is 0. The van der Waals surface area contributed by atoms with Crippen molar-refractivity contribution in [1.82, 2.24) is 0 Å². The molecular formula is C14H15N. The van der Waals surface area contributed by atoms with Gasteiger partial charge in [0.05, 0.1) is 0 Å². The smallest absolute Gasteiger partial charge is 0.0396 e. The van der Waals surface area contributed by atoms with E-state index in [9.17, 15) is 0 Å². The number of nitrogen functional groups attached to an aromatic ring is 1. The molecule has 0 aliphatic carbocycles. The zero-order valence-electron chi connectivity index (χ0n) is 9.12. The minimum Gasteiger partial charge on any atom is -0.398 e. The van der Waals surface area contributed by atoms with Crippen molar-refractivity contribution in [2.75, 3.05) is 5.73 Å². The molecule has 15 heavy (non-hydrogen) atoms. The molecule has 2 aromatic rings. The predicted octanol–water partition coefficient (Wildman–Crippen LogP) is 3.55. The Morgan fingerprint density at radius 1 is 0.800 bits per heavy atom. The second kappa shape index (κ2) is 3.77. The summed E-state index contributed by atoms with van der Waals surface area (Å²) in [5.41, 5.74) is 11.6. The highest BCUT2D eigenvalue weighted by atomic mass is 14.6. The SMILES string of the molecule is Cc1ccc(-c2ccc(C)cc2N)cc1. The van der Waals surface area contributed by atoms with Crippen molar-refractivity contribution in [2.24, 2.45) is 0 Å². The first-order chi connectivity index (χ1) is 7.16. The number of anilines is 1. The van der Waals surface area contributed by atoms with Crippen LogP contribution in [0, 0.1) is 13.8 Å². The minimum atomic E-state index is 0.846. The number of aryl methyl sites for hydroxylation is 2. The van der Waals surface area contributed by atoms with E-state index in [0.29, 0.717) is 0 Å². The Balaban J connectivity index is 2.49. The van der Waals surface area contributed by atoms with E-state index in [0.717, 1.165) is 11.3 Å². The van der Waals surface area contributed by atoms with Gasteiger partial charge in [-0.05, 0) is 31.0 Å². The van der Waals surface area contributed by atoms with Gasteiger partial charge in [0.25, 0.3) is 0 Å². The first-order valence-electron chi connectivity index (χ1n) is 5.10. The molecule has 0 bridgehead atoms. The molecule has 2 aromatic carbocycles. The summed E-state index contributed by atoms with van der Waals surface area (Å²) in [7, 11) is 0. The van der Waals surface area contributed by atoms with Crippen molar-refractivity contribution < 1.29 is 0 Å². The first-order valence-corrected chi connectivity index (χ1v) is 5.10. The second-order valence-electron chi connectivity index (χ2n) is 3.96. The van der Waals surface area contributed by atoms with Crippen molar-refractivity contribution >= 4 is 5.69 Å². The minimum absolute atomic E-state index is 0.846. The van der Waals surface area contributed by atoms with Crippen LogP contribution in [0.5, 0.6) is 0 Å². The van der Waals surface area contributed by atoms with Crippen LogP contribution in [0.1, 0.15) is 11.1 Å². The van der Waals surface area contributed by atoms with Gasteiger partial charge in [-0.25, -0.2) is 0 Å². The predicted molar refractivity (Wildman–Crippen MR) is 65.8 cm³/mol. The van der Waals surface area contributed by atoms with E-state index >= 15 is 0 Å². The maximum absolute atomic E-state index is 5.99. The average molecular weight is 197 g/mol.